The minimum absolute atomic E-state index is 0.154. The predicted octanol–water partition coefficient (Wildman–Crippen LogP) is 7.82. The SMILES string of the molecule is CC(C)(C)COc1ccccc1-c1cnc[nH]1.Cc1cccc(CCOc2ccc(C)cc2-c2cnc[nH]2)c1. The van der Waals surface area contributed by atoms with Crippen molar-refractivity contribution >= 4 is 0 Å². The van der Waals surface area contributed by atoms with Crippen molar-refractivity contribution in [3.8, 4) is 34.0 Å². The molecule has 0 fully saturated rings. The van der Waals surface area contributed by atoms with E-state index >= 15 is 0 Å². The van der Waals surface area contributed by atoms with E-state index in [1.165, 1.54) is 16.7 Å². The number of nitrogens with one attached hydrogen (secondary N) is 2. The van der Waals surface area contributed by atoms with Gasteiger partial charge < -0.3 is 19.4 Å². The van der Waals surface area contributed by atoms with E-state index in [0.717, 1.165) is 40.4 Å². The van der Waals surface area contributed by atoms with Crippen molar-refractivity contribution in [1.29, 1.82) is 0 Å². The number of aryl methyl sites for hydroxylation is 2. The van der Waals surface area contributed by atoms with Gasteiger partial charge in [-0.2, -0.15) is 0 Å². The zero-order valence-corrected chi connectivity index (χ0v) is 23.5. The molecule has 0 radical (unpaired) electrons. The highest BCUT2D eigenvalue weighted by Gasteiger charge is 2.13. The van der Waals surface area contributed by atoms with Gasteiger partial charge in [-0.25, -0.2) is 9.97 Å². The van der Waals surface area contributed by atoms with Crippen LogP contribution in [0.5, 0.6) is 11.5 Å². The van der Waals surface area contributed by atoms with Crippen LogP contribution in [0.25, 0.3) is 22.5 Å². The summed E-state index contributed by atoms with van der Waals surface area (Å²) < 4.78 is 11.9. The molecule has 2 heterocycles. The fraction of sp³-hybridized carbons (Fsp3) is 0.273. The summed E-state index contributed by atoms with van der Waals surface area (Å²) in [5, 5.41) is 0. The molecular formula is C33H38N4O2. The third-order valence-electron chi connectivity index (χ3n) is 5.99. The zero-order chi connectivity index (χ0) is 27.7. The highest BCUT2D eigenvalue weighted by Crippen LogP contribution is 2.30. The third kappa shape index (κ3) is 8.34. The van der Waals surface area contributed by atoms with Crippen LogP contribution in [0.4, 0.5) is 0 Å². The average Bonchev–Trinajstić information content (AvgIpc) is 3.64. The van der Waals surface area contributed by atoms with Gasteiger partial charge in [0.2, 0.25) is 0 Å². The van der Waals surface area contributed by atoms with Crippen LogP contribution < -0.4 is 9.47 Å². The summed E-state index contributed by atoms with van der Waals surface area (Å²) in [7, 11) is 0. The van der Waals surface area contributed by atoms with Gasteiger partial charge in [0.15, 0.2) is 0 Å². The molecule has 0 aliphatic heterocycles. The highest BCUT2D eigenvalue weighted by molar-refractivity contribution is 5.67. The second-order valence-corrected chi connectivity index (χ2v) is 10.9. The molecule has 0 unspecified atom stereocenters. The third-order valence-corrected chi connectivity index (χ3v) is 5.99. The number of benzene rings is 3. The number of rotatable bonds is 8. The van der Waals surface area contributed by atoms with E-state index < -0.39 is 0 Å². The summed E-state index contributed by atoms with van der Waals surface area (Å²) in [6, 6.07) is 22.8. The quantitative estimate of drug-likeness (QED) is 0.218. The van der Waals surface area contributed by atoms with Crippen molar-refractivity contribution in [1.82, 2.24) is 19.9 Å². The molecule has 0 bridgehead atoms. The fourth-order valence-electron chi connectivity index (χ4n) is 4.04. The monoisotopic (exact) mass is 522 g/mol. The van der Waals surface area contributed by atoms with Gasteiger partial charge in [0, 0.05) is 17.5 Å². The molecule has 5 rings (SSSR count). The molecule has 3 aromatic carbocycles. The molecule has 6 heteroatoms. The Morgan fingerprint density at radius 3 is 2.03 bits per heavy atom. The second kappa shape index (κ2) is 13.0. The molecule has 202 valence electrons. The van der Waals surface area contributed by atoms with Crippen LogP contribution in [-0.4, -0.2) is 33.1 Å². The first-order valence-electron chi connectivity index (χ1n) is 13.3. The number of nitrogens with zero attached hydrogens (tertiary/aromatic N) is 2. The number of para-hydroxylation sites is 1. The number of H-pyrrole nitrogens is 2. The maximum Gasteiger partial charge on any atom is 0.128 e. The molecule has 2 N–H and O–H groups in total. The second-order valence-electron chi connectivity index (χ2n) is 10.9. The molecule has 5 aromatic rings. The topological polar surface area (TPSA) is 75.8 Å². The molecular weight excluding hydrogens is 484 g/mol. The van der Waals surface area contributed by atoms with E-state index in [4.69, 9.17) is 9.47 Å². The van der Waals surface area contributed by atoms with Crippen LogP contribution in [-0.2, 0) is 6.42 Å². The van der Waals surface area contributed by atoms with Gasteiger partial charge in [-0.05, 0) is 49.1 Å². The molecule has 0 atom stereocenters. The molecule has 0 aliphatic rings. The van der Waals surface area contributed by atoms with Crippen molar-refractivity contribution in [2.24, 2.45) is 5.41 Å². The molecule has 39 heavy (non-hydrogen) atoms. The van der Waals surface area contributed by atoms with Gasteiger partial charge in [-0.1, -0.05) is 74.4 Å². The summed E-state index contributed by atoms with van der Waals surface area (Å²) in [5.74, 6) is 1.79. The van der Waals surface area contributed by atoms with E-state index in [-0.39, 0.29) is 5.41 Å². The summed E-state index contributed by atoms with van der Waals surface area (Å²) in [5.41, 5.74) is 8.01. The van der Waals surface area contributed by atoms with E-state index in [0.29, 0.717) is 13.2 Å². The fourth-order valence-corrected chi connectivity index (χ4v) is 4.04. The first-order valence-corrected chi connectivity index (χ1v) is 13.3. The summed E-state index contributed by atoms with van der Waals surface area (Å²) in [6.45, 7) is 12.0. The maximum atomic E-state index is 6.01. The van der Waals surface area contributed by atoms with E-state index in [1.54, 1.807) is 18.9 Å². The number of ether oxygens (including phenoxy) is 2. The Bertz CT molecular complexity index is 1440. The van der Waals surface area contributed by atoms with Crippen LogP contribution in [0.2, 0.25) is 0 Å². The Hall–Kier alpha value is -4.32. The first kappa shape index (κ1) is 27.7. The Kier molecular flexibility index (Phi) is 9.21. The van der Waals surface area contributed by atoms with Gasteiger partial charge in [0.05, 0.1) is 49.6 Å². The Balaban J connectivity index is 0.000000187. The normalized spacial score (nSPS) is 11.0. The van der Waals surface area contributed by atoms with Crippen LogP contribution in [0.1, 0.15) is 37.5 Å². The van der Waals surface area contributed by atoms with Gasteiger partial charge in [-0.15, -0.1) is 0 Å². The van der Waals surface area contributed by atoms with Crippen molar-refractivity contribution in [3.63, 3.8) is 0 Å². The molecule has 0 amide bonds. The van der Waals surface area contributed by atoms with Crippen molar-refractivity contribution < 1.29 is 9.47 Å². The van der Waals surface area contributed by atoms with Gasteiger partial charge >= 0.3 is 0 Å². The van der Waals surface area contributed by atoms with Crippen molar-refractivity contribution in [3.05, 3.63) is 108 Å². The lowest BCUT2D eigenvalue weighted by atomic mass is 9.98. The summed E-state index contributed by atoms with van der Waals surface area (Å²) in [6.07, 6.45) is 7.89. The summed E-state index contributed by atoms with van der Waals surface area (Å²) >= 11 is 0. The lowest BCUT2D eigenvalue weighted by molar-refractivity contribution is 0.198. The lowest BCUT2D eigenvalue weighted by Gasteiger charge is -2.20. The number of hydrogen-bond donors (Lipinski definition) is 2. The molecule has 0 saturated heterocycles. The predicted molar refractivity (Wildman–Crippen MR) is 158 cm³/mol. The van der Waals surface area contributed by atoms with Crippen LogP contribution in [0, 0.1) is 19.3 Å². The average molecular weight is 523 g/mol. The minimum atomic E-state index is 0.154. The van der Waals surface area contributed by atoms with Crippen LogP contribution in [0.3, 0.4) is 0 Å². The molecule has 6 nitrogen and oxygen atoms in total. The van der Waals surface area contributed by atoms with Crippen LogP contribution in [0.15, 0.2) is 91.8 Å². The van der Waals surface area contributed by atoms with Gasteiger partial charge in [0.1, 0.15) is 11.5 Å². The highest BCUT2D eigenvalue weighted by atomic mass is 16.5. The Labute approximate surface area is 231 Å². The van der Waals surface area contributed by atoms with Crippen LogP contribution >= 0.6 is 0 Å². The standard InChI is InChI=1S/C19H20N2O.C14H18N2O/c1-14-4-3-5-16(10-14)8-9-22-19-7-6-15(2)11-17(19)18-12-20-13-21-18;1-14(2,3)9-17-13-7-5-4-6-11(13)12-8-15-10-16-12/h3-7,10-13H,8-9H2,1-2H3,(H,20,21);4-8,10H,9H2,1-3H3,(H,15,16). The van der Waals surface area contributed by atoms with E-state index in [9.17, 15) is 0 Å². The first-order chi connectivity index (χ1) is 18.8. The smallest absolute Gasteiger partial charge is 0.128 e. The number of hydrogen-bond acceptors (Lipinski definition) is 4. The van der Waals surface area contributed by atoms with Crippen molar-refractivity contribution in [2.75, 3.05) is 13.2 Å². The van der Waals surface area contributed by atoms with Gasteiger partial charge in [-0.3, -0.25) is 0 Å². The molecule has 2 aromatic heterocycles. The molecule has 0 saturated carbocycles. The minimum Gasteiger partial charge on any atom is -0.493 e. The maximum absolute atomic E-state index is 6.01. The number of aromatic amines is 2. The number of aromatic nitrogens is 4. The van der Waals surface area contributed by atoms with E-state index in [1.807, 2.05) is 36.5 Å². The molecule has 0 spiro atoms. The summed E-state index contributed by atoms with van der Waals surface area (Å²) in [4.78, 5) is 14.4. The van der Waals surface area contributed by atoms with Crippen molar-refractivity contribution in [2.45, 2.75) is 41.0 Å². The lowest BCUT2D eigenvalue weighted by Crippen LogP contribution is -2.17. The Morgan fingerprint density at radius 2 is 1.36 bits per heavy atom. The van der Waals surface area contributed by atoms with Gasteiger partial charge in [0.25, 0.3) is 0 Å². The van der Waals surface area contributed by atoms with E-state index in [2.05, 4.69) is 91.0 Å². The zero-order valence-electron chi connectivity index (χ0n) is 23.5. The molecule has 0 aliphatic carbocycles. The number of imidazole rings is 2. The Morgan fingerprint density at radius 1 is 0.692 bits per heavy atom. The largest absolute Gasteiger partial charge is 0.493 e.